The Bertz CT molecular complexity index is 2660. The molecule has 2 heterocycles. The van der Waals surface area contributed by atoms with Crippen molar-refractivity contribution >= 4 is 74.4 Å². The lowest BCUT2D eigenvalue weighted by Gasteiger charge is -2.40. The highest BCUT2D eigenvalue weighted by atomic mass is 35.5. The summed E-state index contributed by atoms with van der Waals surface area (Å²) in [6, 6.07) is 26.1. The van der Waals surface area contributed by atoms with E-state index >= 15 is 0 Å². The number of rotatable bonds is 14. The van der Waals surface area contributed by atoms with Crippen LogP contribution in [0.15, 0.2) is 84.9 Å². The summed E-state index contributed by atoms with van der Waals surface area (Å²) < 4.78 is 18.3. The van der Waals surface area contributed by atoms with E-state index < -0.39 is 34.6 Å². The van der Waals surface area contributed by atoms with Crippen molar-refractivity contribution in [3.8, 4) is 10.6 Å². The maximum atomic E-state index is 13.3. The lowest BCUT2D eigenvalue weighted by Crippen LogP contribution is -2.51. The summed E-state index contributed by atoms with van der Waals surface area (Å²) in [5.41, 5.74) is 11.2. The molecule has 0 aliphatic carbocycles. The molecule has 1 aliphatic heterocycles. The van der Waals surface area contributed by atoms with Gasteiger partial charge in [0.15, 0.2) is 16.6 Å². The van der Waals surface area contributed by atoms with E-state index in [0.717, 1.165) is 57.5 Å². The fourth-order valence-electron chi connectivity index (χ4n) is 7.35. The molecule has 5 aromatic rings. The van der Waals surface area contributed by atoms with Crippen LogP contribution in [0.4, 0.5) is 11.4 Å². The van der Waals surface area contributed by atoms with Crippen LogP contribution < -0.4 is 10.9 Å². The average molecular weight is 1070 g/mol. The normalized spacial score (nSPS) is 14.5. The highest BCUT2D eigenvalue weighted by Crippen LogP contribution is 2.42. The molecule has 4 aromatic carbocycles. The predicted octanol–water partition coefficient (Wildman–Crippen LogP) is 15.5. The van der Waals surface area contributed by atoms with Crippen molar-refractivity contribution in [2.24, 2.45) is 5.92 Å². The monoisotopic (exact) mass is 1070 g/mol. The second-order valence-electron chi connectivity index (χ2n) is 21.3. The topological polar surface area (TPSA) is 120 Å². The molecule has 0 unspecified atom stereocenters. The number of halogens is 2. The van der Waals surface area contributed by atoms with Gasteiger partial charge in [0, 0.05) is 30.3 Å². The SMILES string of the molecule is C1CCOC1.[C-]#[N+]c1ccc(C[C@@H](C(=O)NNC(=O)c2ccccc2)[C@H](C)O[Si](C)(C)C(C)(C)C)c(C)c1Cl.[C-]#[N+]c1ccc(C[C@@H](c2nnc(-c3ccccc3)s2)[C@H](C)O[Si](C)(C)C(C)(C)C)c(C)c1Cl. The van der Waals surface area contributed by atoms with Crippen molar-refractivity contribution in [1.29, 1.82) is 0 Å². The maximum Gasteiger partial charge on any atom is 0.269 e. The number of nitrogens with zero attached hydrogens (tertiary/aromatic N) is 4. The number of hydrogen-bond acceptors (Lipinski definition) is 8. The van der Waals surface area contributed by atoms with Crippen molar-refractivity contribution in [2.75, 3.05) is 13.2 Å². The lowest BCUT2D eigenvalue weighted by atomic mass is 9.91. The van der Waals surface area contributed by atoms with Gasteiger partial charge in [-0.25, -0.2) is 9.69 Å². The third kappa shape index (κ3) is 16.4. The van der Waals surface area contributed by atoms with Crippen molar-refractivity contribution in [2.45, 2.75) is 149 Å². The minimum atomic E-state index is -2.16. The molecule has 2 N–H and O–H groups in total. The van der Waals surface area contributed by atoms with Gasteiger partial charge in [-0.05, 0) is 124 Å². The van der Waals surface area contributed by atoms with Crippen LogP contribution >= 0.6 is 34.5 Å². The first-order valence-electron chi connectivity index (χ1n) is 24.5. The number of carbonyl (C=O) groups is 2. The quantitative estimate of drug-likeness (QED) is 0.0645. The molecule has 1 saturated heterocycles. The van der Waals surface area contributed by atoms with Gasteiger partial charge in [0.05, 0.1) is 41.3 Å². The van der Waals surface area contributed by atoms with E-state index in [4.69, 9.17) is 49.9 Å². The number of benzene rings is 4. The van der Waals surface area contributed by atoms with Crippen LogP contribution in [0, 0.1) is 32.9 Å². The first-order valence-corrected chi connectivity index (χ1v) is 31.9. The van der Waals surface area contributed by atoms with E-state index in [1.165, 1.54) is 12.8 Å². The Morgan fingerprint density at radius 1 is 0.708 bits per heavy atom. The number of carbonyl (C=O) groups excluding carboxylic acids is 2. The summed E-state index contributed by atoms with van der Waals surface area (Å²) in [5.74, 6) is -1.30. The molecule has 1 aromatic heterocycles. The number of aromatic nitrogens is 2. The fourth-order valence-corrected chi connectivity index (χ4v) is 11.7. The molecule has 0 spiro atoms. The number of ether oxygens (including phenoxy) is 1. The average Bonchev–Trinajstić information content (AvgIpc) is 4.09. The van der Waals surface area contributed by atoms with Crippen molar-refractivity contribution in [3.05, 3.63) is 151 Å². The Kier molecular flexibility index (Phi) is 22.0. The first kappa shape index (κ1) is 59.8. The Morgan fingerprint density at radius 3 is 1.64 bits per heavy atom. The zero-order chi connectivity index (χ0) is 53.6. The van der Waals surface area contributed by atoms with E-state index in [0.29, 0.717) is 33.4 Å². The first-order chi connectivity index (χ1) is 33.7. The minimum absolute atomic E-state index is 0.0275. The predicted molar refractivity (Wildman–Crippen MR) is 301 cm³/mol. The van der Waals surface area contributed by atoms with Crippen molar-refractivity contribution in [1.82, 2.24) is 21.0 Å². The third-order valence-electron chi connectivity index (χ3n) is 14.1. The zero-order valence-electron chi connectivity index (χ0n) is 44.6. The van der Waals surface area contributed by atoms with Gasteiger partial charge in [0.1, 0.15) is 10.0 Å². The highest BCUT2D eigenvalue weighted by molar-refractivity contribution is 7.14. The van der Waals surface area contributed by atoms with Gasteiger partial charge in [-0.1, -0.05) is 149 Å². The highest BCUT2D eigenvalue weighted by Gasteiger charge is 2.42. The van der Waals surface area contributed by atoms with Gasteiger partial charge < -0.3 is 13.6 Å². The van der Waals surface area contributed by atoms with E-state index in [-0.39, 0.29) is 28.0 Å². The van der Waals surface area contributed by atoms with Gasteiger partial charge in [-0.2, -0.15) is 0 Å². The van der Waals surface area contributed by atoms with Gasteiger partial charge in [-0.15, -0.1) is 10.2 Å². The number of amides is 2. The van der Waals surface area contributed by atoms with Crippen LogP contribution in [0.3, 0.4) is 0 Å². The molecule has 6 rings (SSSR count). The zero-order valence-corrected chi connectivity index (χ0v) is 49.0. The summed E-state index contributed by atoms with van der Waals surface area (Å²) in [7, 11) is -4.15. The Morgan fingerprint density at radius 2 is 1.18 bits per heavy atom. The van der Waals surface area contributed by atoms with Crippen LogP contribution in [0.1, 0.15) is 112 Å². The minimum Gasteiger partial charge on any atom is -0.414 e. The summed E-state index contributed by atoms with van der Waals surface area (Å²) in [4.78, 5) is 32.7. The summed E-state index contributed by atoms with van der Waals surface area (Å²) in [5, 5.41) is 12.0. The maximum absolute atomic E-state index is 13.3. The second-order valence-corrected chi connectivity index (χ2v) is 32.6. The van der Waals surface area contributed by atoms with Crippen molar-refractivity contribution in [3.63, 3.8) is 0 Å². The van der Waals surface area contributed by atoms with Crippen LogP contribution in [-0.2, 0) is 31.2 Å². The van der Waals surface area contributed by atoms with E-state index in [1.807, 2.05) is 63.2 Å². The molecule has 2 amide bonds. The summed E-state index contributed by atoms with van der Waals surface area (Å²) >= 11 is 14.5. The van der Waals surface area contributed by atoms with Crippen LogP contribution in [0.25, 0.3) is 20.3 Å². The van der Waals surface area contributed by atoms with E-state index in [1.54, 1.807) is 41.7 Å². The fraction of sp³-hybridized carbons (Fsp3) is 0.464. The molecular formula is C56H74Cl2N6O5SSi2. The Labute approximate surface area is 445 Å². The molecule has 11 nitrogen and oxygen atoms in total. The molecule has 1 aliphatic rings. The number of hydrazine groups is 1. The molecule has 0 bridgehead atoms. The van der Waals surface area contributed by atoms with Crippen LogP contribution in [-0.4, -0.2) is 64.1 Å². The van der Waals surface area contributed by atoms with Gasteiger partial charge in [-0.3, -0.25) is 20.4 Å². The van der Waals surface area contributed by atoms with Crippen LogP contribution in [0.2, 0.25) is 46.3 Å². The standard InChI is InChI=1S/C26H34ClN3O3Si.C26H32ClN3OSSi.C4H8O/c1-17-20(14-15-22(28-6)23(17)27)16-21(18(2)33-34(7,8)26(3,4)5)25(32)30-29-24(31)19-12-10-9-11-13-19;1-17-20(14-15-22(28-6)23(17)27)16-21(18(2)31-33(7,8)26(3,4)5)25-30-29-24(32-25)19-12-10-9-11-13-19;1-2-4-5-3-1/h9-15,18,21H,16H2,1-5,7-8H3,(H,29,31)(H,30,32);9-15,18,21H,16H2,1-5,7-8H3;1-4H2/t2*18-,21+;/m00./s1. The molecule has 16 heteroatoms. The Hall–Kier alpha value is -4.75. The summed E-state index contributed by atoms with van der Waals surface area (Å²) in [6.45, 7) is 46.6. The molecular weight excluding hydrogens is 996 g/mol. The van der Waals surface area contributed by atoms with Gasteiger partial charge in [0.2, 0.25) is 17.3 Å². The smallest absolute Gasteiger partial charge is 0.269 e. The molecule has 4 atom stereocenters. The third-order valence-corrected chi connectivity index (χ3v) is 25.3. The molecule has 0 saturated carbocycles. The van der Waals surface area contributed by atoms with E-state index in [9.17, 15) is 9.59 Å². The molecule has 386 valence electrons. The van der Waals surface area contributed by atoms with Gasteiger partial charge >= 0.3 is 0 Å². The molecule has 72 heavy (non-hydrogen) atoms. The van der Waals surface area contributed by atoms with Gasteiger partial charge in [0.25, 0.3) is 5.91 Å². The van der Waals surface area contributed by atoms with Crippen LogP contribution in [0.5, 0.6) is 0 Å². The molecule has 0 radical (unpaired) electrons. The lowest BCUT2D eigenvalue weighted by molar-refractivity contribution is -0.128. The van der Waals surface area contributed by atoms with E-state index in [2.05, 4.69) is 118 Å². The summed E-state index contributed by atoms with van der Waals surface area (Å²) in [6.07, 6.45) is 3.19. The number of nitrogens with one attached hydrogen (secondary N) is 2. The number of hydrogen-bond donors (Lipinski definition) is 2. The second kappa shape index (κ2) is 26.5. The Balaban J connectivity index is 0.000000284. The van der Waals surface area contributed by atoms with Crippen molar-refractivity contribution < 1.29 is 23.2 Å². The largest absolute Gasteiger partial charge is 0.414 e. The molecule has 1 fully saturated rings.